The Morgan fingerprint density at radius 1 is 1.50 bits per heavy atom. The molecule has 1 aromatic rings. The normalized spacial score (nSPS) is 11.8. The maximum atomic E-state index is 12.2. The van der Waals surface area contributed by atoms with Crippen LogP contribution in [0.3, 0.4) is 0 Å². The lowest BCUT2D eigenvalue weighted by Gasteiger charge is -1.88. The van der Waals surface area contributed by atoms with E-state index in [-0.39, 0.29) is 4.90 Å². The molecule has 1 aromatic heterocycles. The summed E-state index contributed by atoms with van der Waals surface area (Å²) in [6, 6.07) is 0. The first-order valence-electron chi connectivity index (χ1n) is 2.49. The van der Waals surface area contributed by atoms with Crippen LogP contribution in [-0.4, -0.2) is 8.42 Å². The Balaban J connectivity index is 3.32. The van der Waals surface area contributed by atoms with E-state index >= 15 is 0 Å². The van der Waals surface area contributed by atoms with Crippen LogP contribution in [0.25, 0.3) is 0 Å². The molecule has 0 N–H and O–H groups in total. The first kappa shape index (κ1) is 7.68. The third kappa shape index (κ3) is 1.35. The molecule has 0 aliphatic rings. The topological polar surface area (TPSA) is 34.1 Å². The van der Waals surface area contributed by atoms with E-state index in [1.807, 2.05) is 0 Å². The minimum Gasteiger partial charge on any atom is -0.189 e. The number of hydrogen-bond acceptors (Lipinski definition) is 3. The van der Waals surface area contributed by atoms with Crippen molar-refractivity contribution in [2.45, 2.75) is 11.8 Å². The minimum atomic E-state index is -4.48. The van der Waals surface area contributed by atoms with Gasteiger partial charge in [-0.15, -0.1) is 3.89 Å². The number of hydrogen-bond donors (Lipinski definition) is 0. The second-order valence-electron chi connectivity index (χ2n) is 1.86. The summed E-state index contributed by atoms with van der Waals surface area (Å²) in [6.45, 7) is 1.56. The van der Waals surface area contributed by atoms with Crippen molar-refractivity contribution in [3.63, 3.8) is 0 Å². The molecule has 1 heterocycles. The van der Waals surface area contributed by atoms with E-state index in [0.717, 1.165) is 0 Å². The van der Waals surface area contributed by atoms with Gasteiger partial charge in [-0.1, -0.05) is 0 Å². The Labute approximate surface area is 62.5 Å². The van der Waals surface area contributed by atoms with Crippen molar-refractivity contribution in [2.24, 2.45) is 0 Å². The minimum absolute atomic E-state index is 0.211. The van der Waals surface area contributed by atoms with Gasteiger partial charge in [-0.3, -0.25) is 0 Å². The van der Waals surface area contributed by atoms with Crippen molar-refractivity contribution in [1.82, 2.24) is 0 Å². The molecule has 0 radical (unpaired) electrons. The number of aryl methyl sites for hydroxylation is 1. The summed E-state index contributed by atoms with van der Waals surface area (Å²) in [5, 5.41) is 2.87. The molecule has 0 amide bonds. The summed E-state index contributed by atoms with van der Waals surface area (Å²) in [5.74, 6) is 0. The number of halogens is 1. The fourth-order valence-corrected chi connectivity index (χ4v) is 2.45. The quantitative estimate of drug-likeness (QED) is 0.616. The highest BCUT2D eigenvalue weighted by atomic mass is 32.3. The first-order valence-corrected chi connectivity index (χ1v) is 4.82. The van der Waals surface area contributed by atoms with E-state index < -0.39 is 10.2 Å². The van der Waals surface area contributed by atoms with Crippen molar-refractivity contribution in [1.29, 1.82) is 0 Å². The molecular weight excluding hydrogens is 175 g/mol. The van der Waals surface area contributed by atoms with E-state index in [9.17, 15) is 12.3 Å². The average molecular weight is 180 g/mol. The largest absolute Gasteiger partial charge is 0.333 e. The molecule has 0 atom stereocenters. The zero-order valence-electron chi connectivity index (χ0n) is 5.17. The van der Waals surface area contributed by atoms with Gasteiger partial charge in [-0.05, 0) is 17.9 Å². The summed E-state index contributed by atoms with van der Waals surface area (Å²) in [7, 11) is -4.48. The zero-order chi connectivity index (χ0) is 7.78. The van der Waals surface area contributed by atoms with Crippen LogP contribution in [0.5, 0.6) is 0 Å². The summed E-state index contributed by atoms with van der Waals surface area (Å²) < 4.78 is 32.7. The maximum absolute atomic E-state index is 12.2. The van der Waals surface area contributed by atoms with Crippen LogP contribution in [0.4, 0.5) is 3.89 Å². The summed E-state index contributed by atoms with van der Waals surface area (Å²) in [5.41, 5.74) is 0.465. The van der Waals surface area contributed by atoms with Gasteiger partial charge < -0.3 is 0 Å². The fraction of sp³-hybridized carbons (Fsp3) is 0.200. The molecule has 2 nitrogen and oxygen atoms in total. The van der Waals surface area contributed by atoms with Crippen LogP contribution in [0, 0.1) is 6.92 Å². The van der Waals surface area contributed by atoms with Crippen LogP contribution in [0.2, 0.25) is 0 Å². The smallest absolute Gasteiger partial charge is 0.189 e. The molecule has 56 valence electrons. The van der Waals surface area contributed by atoms with Crippen molar-refractivity contribution in [3.8, 4) is 0 Å². The average Bonchev–Trinajstić information content (AvgIpc) is 2.11. The Morgan fingerprint density at radius 2 is 2.10 bits per heavy atom. The predicted octanol–water partition coefficient (Wildman–Crippen LogP) is 1.71. The Hall–Kier alpha value is -0.420. The molecule has 0 unspecified atom stereocenters. The van der Waals surface area contributed by atoms with Crippen molar-refractivity contribution in [2.75, 3.05) is 0 Å². The second-order valence-corrected chi connectivity index (χ2v) is 3.92. The van der Waals surface area contributed by atoms with Crippen molar-refractivity contribution in [3.05, 3.63) is 16.3 Å². The van der Waals surface area contributed by atoms with Gasteiger partial charge in [0.2, 0.25) is 0 Å². The SMILES string of the molecule is Cc1cscc1S(=O)(=O)F. The van der Waals surface area contributed by atoms with E-state index in [1.54, 1.807) is 12.3 Å². The monoisotopic (exact) mass is 180 g/mol. The van der Waals surface area contributed by atoms with Crippen LogP contribution in [0.15, 0.2) is 15.7 Å². The molecule has 0 aromatic carbocycles. The lowest BCUT2D eigenvalue weighted by atomic mass is 10.4. The molecule has 0 spiro atoms. The van der Waals surface area contributed by atoms with E-state index in [1.165, 1.54) is 16.7 Å². The highest BCUT2D eigenvalue weighted by Crippen LogP contribution is 2.20. The second kappa shape index (κ2) is 2.32. The van der Waals surface area contributed by atoms with Crippen molar-refractivity contribution >= 4 is 21.6 Å². The predicted molar refractivity (Wildman–Crippen MR) is 37.3 cm³/mol. The summed E-state index contributed by atoms with van der Waals surface area (Å²) >= 11 is 1.17. The van der Waals surface area contributed by atoms with Crippen LogP contribution in [-0.2, 0) is 10.2 Å². The summed E-state index contributed by atoms with van der Waals surface area (Å²) in [6.07, 6.45) is 0. The fourth-order valence-electron chi connectivity index (χ4n) is 0.599. The molecule has 1 rings (SSSR count). The van der Waals surface area contributed by atoms with Gasteiger partial charge in [0.25, 0.3) is 0 Å². The molecule has 0 saturated carbocycles. The molecule has 10 heavy (non-hydrogen) atoms. The van der Waals surface area contributed by atoms with E-state index in [4.69, 9.17) is 0 Å². The third-order valence-electron chi connectivity index (χ3n) is 1.07. The molecule has 0 aliphatic carbocycles. The van der Waals surface area contributed by atoms with Gasteiger partial charge in [-0.2, -0.15) is 19.8 Å². The van der Waals surface area contributed by atoms with Gasteiger partial charge in [0.05, 0.1) is 0 Å². The number of rotatable bonds is 1. The Kier molecular flexibility index (Phi) is 1.78. The highest BCUT2D eigenvalue weighted by molar-refractivity contribution is 7.86. The van der Waals surface area contributed by atoms with E-state index in [0.29, 0.717) is 5.56 Å². The van der Waals surface area contributed by atoms with Crippen LogP contribution >= 0.6 is 11.3 Å². The summed E-state index contributed by atoms with van der Waals surface area (Å²) in [4.78, 5) is -0.211. The van der Waals surface area contributed by atoms with Crippen molar-refractivity contribution < 1.29 is 12.3 Å². The Morgan fingerprint density at radius 3 is 2.30 bits per heavy atom. The lowest BCUT2D eigenvalue weighted by Crippen LogP contribution is -1.90. The van der Waals surface area contributed by atoms with Gasteiger partial charge in [0.15, 0.2) is 0 Å². The lowest BCUT2D eigenvalue weighted by molar-refractivity contribution is 0.552. The standard InChI is InChI=1S/C5H5FO2S2/c1-4-2-9-3-5(4)10(6,7)8/h2-3H,1H3. The van der Waals surface area contributed by atoms with E-state index in [2.05, 4.69) is 0 Å². The Bertz CT molecular complexity index is 325. The molecule has 5 heteroatoms. The zero-order valence-corrected chi connectivity index (χ0v) is 6.80. The first-order chi connectivity index (χ1) is 4.52. The van der Waals surface area contributed by atoms with Gasteiger partial charge in [-0.25, -0.2) is 0 Å². The van der Waals surface area contributed by atoms with Gasteiger partial charge in [0, 0.05) is 5.38 Å². The third-order valence-corrected chi connectivity index (χ3v) is 3.05. The molecule has 0 bridgehead atoms. The molecule has 0 aliphatic heterocycles. The molecule has 0 saturated heterocycles. The van der Waals surface area contributed by atoms with Crippen LogP contribution < -0.4 is 0 Å². The molecule has 0 fully saturated rings. The van der Waals surface area contributed by atoms with Crippen LogP contribution in [0.1, 0.15) is 5.56 Å². The highest BCUT2D eigenvalue weighted by Gasteiger charge is 2.14. The number of thiophene rings is 1. The van der Waals surface area contributed by atoms with Gasteiger partial charge in [0.1, 0.15) is 4.90 Å². The maximum Gasteiger partial charge on any atom is 0.333 e. The van der Waals surface area contributed by atoms with Gasteiger partial charge >= 0.3 is 10.2 Å². The molecular formula is C5H5FO2S2.